The van der Waals surface area contributed by atoms with E-state index >= 15 is 0 Å². The van der Waals surface area contributed by atoms with Crippen LogP contribution in [-0.4, -0.2) is 36.7 Å². The van der Waals surface area contributed by atoms with Gasteiger partial charge in [0.05, 0.1) is 12.2 Å². The maximum Gasteiger partial charge on any atom is 0.328 e. The molecule has 2 N–H and O–H groups in total. The first kappa shape index (κ1) is 27.0. The Labute approximate surface area is 200 Å². The third kappa shape index (κ3) is 7.95. The van der Waals surface area contributed by atoms with Crippen LogP contribution in [0.2, 0.25) is 5.04 Å². The Kier molecular flexibility index (Phi) is 10.5. The van der Waals surface area contributed by atoms with Gasteiger partial charge in [-0.25, -0.2) is 4.79 Å². The molecule has 0 fully saturated rings. The van der Waals surface area contributed by atoms with E-state index in [4.69, 9.17) is 4.43 Å². The summed E-state index contributed by atoms with van der Waals surface area (Å²) < 4.78 is 7.12. The number of rotatable bonds is 13. The average Bonchev–Trinajstić information content (AvgIpc) is 2.77. The smallest absolute Gasteiger partial charge is 0.328 e. The molecule has 0 radical (unpaired) electrons. The summed E-state index contributed by atoms with van der Waals surface area (Å²) in [6, 6.07) is 20.9. The highest BCUT2D eigenvalue weighted by Gasteiger charge is 2.51. The minimum atomic E-state index is -2.75. The van der Waals surface area contributed by atoms with Crippen LogP contribution < -0.4 is 10.4 Å². The summed E-state index contributed by atoms with van der Waals surface area (Å²) in [6.45, 7) is 8.51. The Morgan fingerprint density at radius 3 is 1.82 bits per heavy atom. The van der Waals surface area contributed by atoms with Crippen molar-refractivity contribution in [1.82, 2.24) is 0 Å². The second-order valence-electron chi connectivity index (χ2n) is 9.86. The molecule has 2 aromatic rings. The van der Waals surface area contributed by atoms with Gasteiger partial charge >= 0.3 is 5.97 Å². The second-order valence-corrected chi connectivity index (χ2v) is 14.1. The number of benzene rings is 2. The summed E-state index contributed by atoms with van der Waals surface area (Å²) in [7, 11) is -2.75. The van der Waals surface area contributed by atoms with Crippen LogP contribution >= 0.6 is 0 Å². The van der Waals surface area contributed by atoms with Crippen molar-refractivity contribution in [3.63, 3.8) is 0 Å². The molecule has 2 aromatic carbocycles. The highest BCUT2D eigenvalue weighted by atomic mass is 28.4. The van der Waals surface area contributed by atoms with E-state index in [-0.39, 0.29) is 17.2 Å². The van der Waals surface area contributed by atoms with E-state index < -0.39 is 14.3 Å². The molecule has 0 saturated carbocycles. The number of aliphatic hydroxyl groups is 1. The van der Waals surface area contributed by atoms with Crippen molar-refractivity contribution in [3.05, 3.63) is 72.8 Å². The molecule has 0 bridgehead atoms. The van der Waals surface area contributed by atoms with E-state index in [1.54, 1.807) is 6.08 Å². The van der Waals surface area contributed by atoms with Gasteiger partial charge in [0.2, 0.25) is 0 Å². The summed E-state index contributed by atoms with van der Waals surface area (Å²) in [5, 5.41) is 21.0. The molecule has 2 atom stereocenters. The molecule has 0 aliphatic carbocycles. The summed E-state index contributed by atoms with van der Waals surface area (Å²) in [4.78, 5) is 11.3. The summed E-state index contributed by atoms with van der Waals surface area (Å²) >= 11 is 0. The SMILES string of the molecule is C[C@@H](O)CCCCCC[C@H](C=CC(=O)O)O[Si](c1ccccc1)(c1ccccc1)C(C)(C)C. The zero-order chi connectivity index (χ0) is 24.3. The lowest BCUT2D eigenvalue weighted by atomic mass is 10.1. The van der Waals surface area contributed by atoms with Crippen LogP contribution in [0.5, 0.6) is 0 Å². The van der Waals surface area contributed by atoms with Crippen LogP contribution in [-0.2, 0) is 9.22 Å². The van der Waals surface area contributed by atoms with E-state index in [9.17, 15) is 15.0 Å². The molecule has 0 aliphatic rings. The lowest BCUT2D eigenvalue weighted by Gasteiger charge is -2.44. The fourth-order valence-electron chi connectivity index (χ4n) is 4.44. The number of carboxylic acid groups (broad SMARTS) is 1. The molecule has 0 unspecified atom stereocenters. The van der Waals surface area contributed by atoms with E-state index in [0.717, 1.165) is 38.5 Å². The van der Waals surface area contributed by atoms with E-state index in [1.165, 1.54) is 16.4 Å². The van der Waals surface area contributed by atoms with Crippen LogP contribution in [0.4, 0.5) is 0 Å². The molecule has 33 heavy (non-hydrogen) atoms. The minimum Gasteiger partial charge on any atom is -0.478 e. The zero-order valence-corrected chi connectivity index (χ0v) is 21.5. The van der Waals surface area contributed by atoms with Gasteiger partial charge < -0.3 is 14.6 Å². The number of carboxylic acids is 1. The van der Waals surface area contributed by atoms with Gasteiger partial charge in [0.15, 0.2) is 0 Å². The highest BCUT2D eigenvalue weighted by molar-refractivity contribution is 6.99. The van der Waals surface area contributed by atoms with Gasteiger partial charge in [-0.05, 0) is 41.3 Å². The first-order valence-electron chi connectivity index (χ1n) is 12.0. The Morgan fingerprint density at radius 1 is 0.909 bits per heavy atom. The number of aliphatic hydroxyl groups excluding tert-OH is 1. The maximum absolute atomic E-state index is 11.3. The molecule has 5 heteroatoms. The number of carbonyl (C=O) groups is 1. The molecule has 180 valence electrons. The number of hydrogen-bond donors (Lipinski definition) is 2. The lowest BCUT2D eigenvalue weighted by Crippen LogP contribution is -2.67. The average molecular weight is 469 g/mol. The van der Waals surface area contributed by atoms with E-state index in [1.807, 2.05) is 19.1 Å². The molecule has 2 rings (SSSR count). The van der Waals surface area contributed by atoms with Crippen molar-refractivity contribution in [2.45, 2.75) is 83.5 Å². The van der Waals surface area contributed by atoms with E-state index in [2.05, 4.69) is 69.3 Å². The first-order valence-corrected chi connectivity index (χ1v) is 14.0. The first-order chi connectivity index (χ1) is 15.7. The highest BCUT2D eigenvalue weighted by Crippen LogP contribution is 2.38. The third-order valence-corrected chi connectivity index (χ3v) is 11.1. The maximum atomic E-state index is 11.3. The quantitative estimate of drug-likeness (QED) is 0.238. The number of aliphatic carboxylic acids is 1. The van der Waals surface area contributed by atoms with Crippen LogP contribution in [0.3, 0.4) is 0 Å². The van der Waals surface area contributed by atoms with Gasteiger partial charge in [0.25, 0.3) is 8.32 Å². The Hall–Kier alpha value is -2.21. The fourth-order valence-corrected chi connectivity index (χ4v) is 9.11. The van der Waals surface area contributed by atoms with Gasteiger partial charge in [-0.3, -0.25) is 0 Å². The topological polar surface area (TPSA) is 66.8 Å². The lowest BCUT2D eigenvalue weighted by molar-refractivity contribution is -0.131. The Morgan fingerprint density at radius 2 is 1.39 bits per heavy atom. The van der Waals surface area contributed by atoms with Crippen LogP contribution in [0, 0.1) is 0 Å². The van der Waals surface area contributed by atoms with Crippen molar-refractivity contribution < 1.29 is 19.4 Å². The van der Waals surface area contributed by atoms with Gasteiger partial charge in [-0.2, -0.15) is 0 Å². The molecule has 0 heterocycles. The van der Waals surface area contributed by atoms with Gasteiger partial charge in [0.1, 0.15) is 0 Å². The zero-order valence-electron chi connectivity index (χ0n) is 20.5. The third-order valence-electron chi connectivity index (χ3n) is 6.06. The van der Waals surface area contributed by atoms with Crippen molar-refractivity contribution >= 4 is 24.7 Å². The van der Waals surface area contributed by atoms with Crippen molar-refractivity contribution in [3.8, 4) is 0 Å². The Balaban J connectivity index is 2.37. The van der Waals surface area contributed by atoms with E-state index in [0.29, 0.717) is 0 Å². The monoisotopic (exact) mass is 468 g/mol. The molecular formula is C28H40O4Si. The second kappa shape index (κ2) is 12.9. The normalized spacial score (nSPS) is 14.3. The summed E-state index contributed by atoms with van der Waals surface area (Å²) in [5.74, 6) is -0.956. The Bertz CT molecular complexity index is 817. The molecule has 0 aliphatic heterocycles. The molecule has 4 nitrogen and oxygen atoms in total. The summed E-state index contributed by atoms with van der Waals surface area (Å²) in [5.41, 5.74) is 0. The standard InChI is InChI=1S/C28H40O4Si/c1-23(29)15-9-5-6-10-16-24(21-22-27(30)31)32-33(28(2,3)4,25-17-11-7-12-18-25)26-19-13-8-14-20-26/h7-8,11-14,17-24,29H,5-6,9-10,15-16H2,1-4H3,(H,30,31)/t23-,24-/m1/s1. The predicted molar refractivity (Wildman–Crippen MR) is 139 cm³/mol. The van der Waals surface area contributed by atoms with Gasteiger partial charge in [-0.15, -0.1) is 0 Å². The molecule has 0 saturated heterocycles. The molecule has 0 spiro atoms. The number of unbranched alkanes of at least 4 members (excludes halogenated alkanes) is 3. The van der Waals surface area contributed by atoms with Crippen LogP contribution in [0.15, 0.2) is 72.8 Å². The minimum absolute atomic E-state index is 0.164. The largest absolute Gasteiger partial charge is 0.478 e. The van der Waals surface area contributed by atoms with Gasteiger partial charge in [0, 0.05) is 6.08 Å². The fraction of sp³-hybridized carbons (Fsp3) is 0.464. The van der Waals surface area contributed by atoms with Crippen molar-refractivity contribution in [2.75, 3.05) is 0 Å². The van der Waals surface area contributed by atoms with Gasteiger partial charge in [-0.1, -0.05) is 107 Å². The molecular weight excluding hydrogens is 428 g/mol. The van der Waals surface area contributed by atoms with Crippen molar-refractivity contribution in [1.29, 1.82) is 0 Å². The summed E-state index contributed by atoms with van der Waals surface area (Å²) in [6.07, 6.45) is 8.03. The van der Waals surface area contributed by atoms with Crippen LogP contribution in [0.1, 0.15) is 66.2 Å². The molecule has 0 aromatic heterocycles. The van der Waals surface area contributed by atoms with Crippen LogP contribution in [0.25, 0.3) is 0 Å². The predicted octanol–water partition coefficient (Wildman–Crippen LogP) is 5.29. The van der Waals surface area contributed by atoms with Crippen molar-refractivity contribution in [2.24, 2.45) is 0 Å². The molecule has 0 amide bonds. The number of hydrogen-bond acceptors (Lipinski definition) is 3.